The van der Waals surface area contributed by atoms with Crippen molar-refractivity contribution in [1.82, 2.24) is 0 Å². The van der Waals surface area contributed by atoms with Gasteiger partial charge in [-0.1, -0.05) is 27.7 Å². The van der Waals surface area contributed by atoms with Crippen LogP contribution in [0.2, 0.25) is 0 Å². The van der Waals surface area contributed by atoms with Gasteiger partial charge >= 0.3 is 17.9 Å². The SMILES string of the molecule is CC(=O)OC1CC2(C)C(CC(O)C3C4(C)CCC(O)C(C)C4CCC32C)C1=C(CCC=O)C(=O)OCOC(=O)C(C)(C)C. The lowest BCUT2D eigenvalue weighted by Gasteiger charge is -2.69. The van der Waals surface area contributed by atoms with E-state index in [2.05, 4.69) is 27.7 Å². The summed E-state index contributed by atoms with van der Waals surface area (Å²) in [5.74, 6) is -1.59. The number of aliphatic hydroxyl groups is 2. The Morgan fingerprint density at radius 2 is 1.67 bits per heavy atom. The minimum Gasteiger partial charge on any atom is -0.458 e. The average Bonchev–Trinajstić information content (AvgIpc) is 3.17. The normalized spacial score (nSPS) is 41.7. The summed E-state index contributed by atoms with van der Waals surface area (Å²) in [4.78, 5) is 49.7. The number of fused-ring (bicyclic) bond motifs is 5. The highest BCUT2D eigenvalue weighted by Crippen LogP contribution is 2.74. The van der Waals surface area contributed by atoms with E-state index in [4.69, 9.17) is 14.2 Å². The lowest BCUT2D eigenvalue weighted by molar-refractivity contribution is -0.234. The first-order valence-electron chi connectivity index (χ1n) is 16.0. The van der Waals surface area contributed by atoms with Crippen molar-refractivity contribution in [2.45, 2.75) is 125 Å². The van der Waals surface area contributed by atoms with Gasteiger partial charge in [0, 0.05) is 18.9 Å². The molecule has 0 heterocycles. The number of carbonyl (C=O) groups is 4. The highest BCUT2D eigenvalue weighted by atomic mass is 16.7. The molecule has 9 nitrogen and oxygen atoms in total. The molecule has 0 bridgehead atoms. The van der Waals surface area contributed by atoms with E-state index < -0.39 is 47.7 Å². The Balaban J connectivity index is 1.76. The van der Waals surface area contributed by atoms with Crippen LogP contribution in [-0.2, 0) is 33.4 Å². The van der Waals surface area contributed by atoms with Gasteiger partial charge in [0.2, 0.25) is 6.79 Å². The molecule has 4 aliphatic rings. The zero-order chi connectivity index (χ0) is 32.1. The van der Waals surface area contributed by atoms with Crippen LogP contribution in [0.5, 0.6) is 0 Å². The number of hydrogen-bond donors (Lipinski definition) is 2. The van der Waals surface area contributed by atoms with Gasteiger partial charge in [0.1, 0.15) is 12.4 Å². The second-order valence-electron chi connectivity index (χ2n) is 15.5. The average molecular weight is 605 g/mol. The summed E-state index contributed by atoms with van der Waals surface area (Å²) in [5, 5.41) is 22.7. The van der Waals surface area contributed by atoms with Crippen molar-refractivity contribution >= 4 is 24.2 Å². The lowest BCUT2D eigenvalue weighted by atomic mass is 9.36. The molecule has 9 heteroatoms. The number of aldehydes is 1. The van der Waals surface area contributed by atoms with Gasteiger partial charge in [-0.15, -0.1) is 0 Å². The van der Waals surface area contributed by atoms with Crippen molar-refractivity contribution in [2.75, 3.05) is 6.79 Å². The summed E-state index contributed by atoms with van der Waals surface area (Å²) in [6.07, 6.45) is 3.35. The van der Waals surface area contributed by atoms with Crippen LogP contribution in [0.25, 0.3) is 0 Å². The molecule has 2 N–H and O–H groups in total. The first kappa shape index (κ1) is 33.6. The van der Waals surface area contributed by atoms with Gasteiger partial charge in [-0.3, -0.25) is 9.59 Å². The molecule has 0 spiro atoms. The van der Waals surface area contributed by atoms with E-state index in [1.807, 2.05) is 0 Å². The van der Waals surface area contributed by atoms with Crippen molar-refractivity contribution in [1.29, 1.82) is 0 Å². The molecule has 0 aromatic heterocycles. The molecule has 43 heavy (non-hydrogen) atoms. The van der Waals surface area contributed by atoms with E-state index in [-0.39, 0.29) is 53.1 Å². The zero-order valence-electron chi connectivity index (χ0n) is 27.2. The first-order valence-corrected chi connectivity index (χ1v) is 16.0. The smallest absolute Gasteiger partial charge is 0.336 e. The number of ether oxygens (including phenoxy) is 3. The van der Waals surface area contributed by atoms with Gasteiger partial charge in [0.05, 0.1) is 17.6 Å². The van der Waals surface area contributed by atoms with E-state index in [1.165, 1.54) is 6.92 Å². The molecule has 4 fully saturated rings. The Kier molecular flexibility index (Phi) is 9.32. The van der Waals surface area contributed by atoms with Gasteiger partial charge < -0.3 is 29.2 Å². The quantitative estimate of drug-likeness (QED) is 0.180. The van der Waals surface area contributed by atoms with Crippen LogP contribution in [0.1, 0.15) is 107 Å². The fourth-order valence-electron chi connectivity index (χ4n) is 9.92. The van der Waals surface area contributed by atoms with Gasteiger partial charge in [0.25, 0.3) is 0 Å². The predicted molar refractivity (Wildman–Crippen MR) is 158 cm³/mol. The lowest BCUT2D eigenvalue weighted by Crippen LogP contribution is -2.65. The number of rotatable bonds is 7. The number of hydrogen-bond acceptors (Lipinski definition) is 9. The second kappa shape index (κ2) is 11.9. The molecule has 0 aliphatic heterocycles. The minimum atomic E-state index is -0.771. The summed E-state index contributed by atoms with van der Waals surface area (Å²) in [6, 6.07) is 0. The largest absolute Gasteiger partial charge is 0.458 e. The molecule has 0 amide bonds. The van der Waals surface area contributed by atoms with Crippen molar-refractivity contribution in [3.8, 4) is 0 Å². The maximum absolute atomic E-state index is 13.6. The molecule has 242 valence electrons. The molecule has 4 aliphatic carbocycles. The number of carbonyl (C=O) groups excluding carboxylic acids is 4. The van der Waals surface area contributed by atoms with Crippen molar-refractivity contribution in [3.63, 3.8) is 0 Å². The molecular weight excluding hydrogens is 552 g/mol. The van der Waals surface area contributed by atoms with E-state index in [1.54, 1.807) is 20.8 Å². The topological polar surface area (TPSA) is 136 Å². The Labute approximate surface area is 256 Å². The molecule has 0 saturated heterocycles. The molecule has 10 atom stereocenters. The standard InChI is InChI=1S/C34H52O9/c1-19-22-11-14-33(7)28(32(22,6)13-12-24(19)37)25(38)16-23-27(26(43-20(2)36)17-34(23,33)8)21(10-9-15-35)29(39)41-18-42-30(40)31(3,4)5/h15,19,22-26,28,37-38H,9-14,16-18H2,1-8H3. The summed E-state index contributed by atoms with van der Waals surface area (Å²) >= 11 is 0. The predicted octanol–water partition coefficient (Wildman–Crippen LogP) is 4.90. The Bertz CT molecular complexity index is 1150. The fourth-order valence-corrected chi connectivity index (χ4v) is 9.92. The minimum absolute atomic E-state index is 0.0329. The Morgan fingerprint density at radius 1 is 1.00 bits per heavy atom. The third-order valence-corrected chi connectivity index (χ3v) is 12.1. The summed E-state index contributed by atoms with van der Waals surface area (Å²) in [7, 11) is 0. The van der Waals surface area contributed by atoms with Crippen molar-refractivity contribution in [3.05, 3.63) is 11.1 Å². The van der Waals surface area contributed by atoms with E-state index in [9.17, 15) is 29.4 Å². The van der Waals surface area contributed by atoms with Crippen LogP contribution < -0.4 is 0 Å². The Morgan fingerprint density at radius 3 is 2.28 bits per heavy atom. The first-order chi connectivity index (χ1) is 19.9. The highest BCUT2D eigenvalue weighted by molar-refractivity contribution is 5.90. The summed E-state index contributed by atoms with van der Waals surface area (Å²) in [5.41, 5.74) is -0.839. The van der Waals surface area contributed by atoms with E-state index >= 15 is 0 Å². The molecule has 4 rings (SSSR count). The van der Waals surface area contributed by atoms with E-state index in [0.29, 0.717) is 30.8 Å². The third kappa shape index (κ3) is 5.69. The maximum Gasteiger partial charge on any atom is 0.336 e. The van der Waals surface area contributed by atoms with Gasteiger partial charge in [-0.2, -0.15) is 0 Å². The molecule has 0 aromatic rings. The van der Waals surface area contributed by atoms with Crippen LogP contribution in [0, 0.1) is 45.3 Å². The monoisotopic (exact) mass is 604 g/mol. The zero-order valence-corrected chi connectivity index (χ0v) is 27.2. The van der Waals surface area contributed by atoms with Crippen LogP contribution in [0.3, 0.4) is 0 Å². The van der Waals surface area contributed by atoms with Crippen LogP contribution in [0.15, 0.2) is 11.1 Å². The van der Waals surface area contributed by atoms with Crippen LogP contribution in [0.4, 0.5) is 0 Å². The van der Waals surface area contributed by atoms with Crippen molar-refractivity contribution < 1.29 is 43.6 Å². The maximum atomic E-state index is 13.6. The van der Waals surface area contributed by atoms with Crippen LogP contribution >= 0.6 is 0 Å². The van der Waals surface area contributed by atoms with Gasteiger partial charge in [-0.05, 0) is 111 Å². The Hall–Kier alpha value is -2.26. The van der Waals surface area contributed by atoms with Crippen LogP contribution in [-0.4, -0.2) is 59.5 Å². The molecule has 4 saturated carbocycles. The summed E-state index contributed by atoms with van der Waals surface area (Å²) in [6.45, 7) is 14.8. The van der Waals surface area contributed by atoms with E-state index in [0.717, 1.165) is 25.5 Å². The van der Waals surface area contributed by atoms with Crippen molar-refractivity contribution in [2.24, 2.45) is 45.3 Å². The van der Waals surface area contributed by atoms with Gasteiger partial charge in [-0.25, -0.2) is 4.79 Å². The molecular formula is C34H52O9. The number of esters is 3. The summed E-state index contributed by atoms with van der Waals surface area (Å²) < 4.78 is 16.5. The number of aliphatic hydroxyl groups excluding tert-OH is 2. The molecule has 0 aromatic carbocycles. The third-order valence-electron chi connectivity index (χ3n) is 12.1. The molecule has 10 unspecified atom stereocenters. The highest BCUT2D eigenvalue weighted by Gasteiger charge is 2.70. The second-order valence-corrected chi connectivity index (χ2v) is 15.5. The fraction of sp³-hybridized carbons (Fsp3) is 0.824. The molecule has 0 radical (unpaired) electrons. The van der Waals surface area contributed by atoms with Gasteiger partial charge in [0.15, 0.2) is 0 Å².